The lowest BCUT2D eigenvalue weighted by molar-refractivity contribution is 0.103. The van der Waals surface area contributed by atoms with Crippen LogP contribution in [0.2, 0.25) is 0 Å². The smallest absolute Gasteiger partial charge is 0.207 e. The Kier molecular flexibility index (Phi) is 1.96. The molecular formula is C13H10N2O. The van der Waals surface area contributed by atoms with Crippen LogP contribution in [0.3, 0.4) is 0 Å². The molecule has 0 aromatic carbocycles. The second-order valence-corrected chi connectivity index (χ2v) is 3.80. The van der Waals surface area contributed by atoms with E-state index in [0.29, 0.717) is 6.54 Å². The Bertz CT molecular complexity index is 567. The second-order valence-electron chi connectivity index (χ2n) is 3.80. The summed E-state index contributed by atoms with van der Waals surface area (Å²) < 4.78 is 1.97. The highest BCUT2D eigenvalue weighted by Crippen LogP contribution is 2.22. The van der Waals surface area contributed by atoms with Crippen molar-refractivity contribution in [2.75, 3.05) is 0 Å². The molecule has 0 spiro atoms. The molecule has 78 valence electrons. The summed E-state index contributed by atoms with van der Waals surface area (Å²) in [6, 6.07) is 7.55. The fourth-order valence-corrected chi connectivity index (χ4v) is 1.95. The molecule has 0 radical (unpaired) electrons. The maximum atomic E-state index is 12.0. The van der Waals surface area contributed by atoms with E-state index in [1.807, 2.05) is 41.1 Å². The standard InChI is InChI=1S/C13H10N2O/c16-13-11(8-10-3-5-14-6-4-10)9-15-7-1-2-12(13)15/h1-8H,9H2/b11-8+. The van der Waals surface area contributed by atoms with Crippen LogP contribution in [0.1, 0.15) is 16.1 Å². The fourth-order valence-electron chi connectivity index (χ4n) is 1.95. The van der Waals surface area contributed by atoms with E-state index in [0.717, 1.165) is 16.8 Å². The third-order valence-corrected chi connectivity index (χ3v) is 2.74. The van der Waals surface area contributed by atoms with Gasteiger partial charge in [-0.25, -0.2) is 0 Å². The fraction of sp³-hybridized carbons (Fsp3) is 0.0769. The molecule has 3 rings (SSSR count). The number of Topliss-reactive ketones (excluding diaryl/α,β-unsaturated/α-hetero) is 1. The lowest BCUT2D eigenvalue weighted by Gasteiger charge is -1.95. The van der Waals surface area contributed by atoms with Gasteiger partial charge >= 0.3 is 0 Å². The Morgan fingerprint density at radius 1 is 1.25 bits per heavy atom. The van der Waals surface area contributed by atoms with E-state index in [9.17, 15) is 4.79 Å². The highest BCUT2D eigenvalue weighted by atomic mass is 16.1. The third kappa shape index (κ3) is 1.37. The molecule has 0 saturated carbocycles. The molecule has 0 bridgehead atoms. The minimum atomic E-state index is 0.127. The Labute approximate surface area is 93.1 Å². The van der Waals surface area contributed by atoms with E-state index in [4.69, 9.17) is 0 Å². The molecule has 16 heavy (non-hydrogen) atoms. The molecule has 3 heteroatoms. The van der Waals surface area contributed by atoms with Crippen molar-refractivity contribution < 1.29 is 4.79 Å². The highest BCUT2D eigenvalue weighted by Gasteiger charge is 2.23. The zero-order valence-electron chi connectivity index (χ0n) is 8.63. The SMILES string of the molecule is O=C1/C(=C/c2ccncc2)Cn2cccc21. The van der Waals surface area contributed by atoms with E-state index in [2.05, 4.69) is 4.98 Å². The Morgan fingerprint density at radius 3 is 2.81 bits per heavy atom. The van der Waals surface area contributed by atoms with Crippen LogP contribution in [0.4, 0.5) is 0 Å². The van der Waals surface area contributed by atoms with E-state index >= 15 is 0 Å². The molecule has 2 aromatic heterocycles. The van der Waals surface area contributed by atoms with Crippen LogP contribution in [0.25, 0.3) is 6.08 Å². The van der Waals surface area contributed by atoms with Gasteiger partial charge in [0.05, 0.1) is 12.2 Å². The normalized spacial score (nSPS) is 16.8. The summed E-state index contributed by atoms with van der Waals surface area (Å²) >= 11 is 0. The second kappa shape index (κ2) is 3.45. The van der Waals surface area contributed by atoms with Gasteiger partial charge in [-0.2, -0.15) is 0 Å². The van der Waals surface area contributed by atoms with Crippen LogP contribution in [0, 0.1) is 0 Å². The van der Waals surface area contributed by atoms with Gasteiger partial charge in [-0.05, 0) is 35.9 Å². The van der Waals surface area contributed by atoms with Gasteiger partial charge in [0, 0.05) is 24.2 Å². The Morgan fingerprint density at radius 2 is 2.06 bits per heavy atom. The summed E-state index contributed by atoms with van der Waals surface area (Å²) in [5.74, 6) is 0.127. The van der Waals surface area contributed by atoms with Gasteiger partial charge in [0.15, 0.2) is 0 Å². The maximum absolute atomic E-state index is 12.0. The summed E-state index contributed by atoms with van der Waals surface area (Å²) in [7, 11) is 0. The van der Waals surface area contributed by atoms with Crippen LogP contribution in [-0.2, 0) is 6.54 Å². The number of hydrogen-bond acceptors (Lipinski definition) is 2. The lowest BCUT2D eigenvalue weighted by Crippen LogP contribution is -1.94. The molecule has 0 saturated heterocycles. The average Bonchev–Trinajstić information content (AvgIpc) is 2.86. The molecule has 0 N–H and O–H groups in total. The molecule has 0 aliphatic carbocycles. The number of carbonyl (C=O) groups is 1. The first-order chi connectivity index (χ1) is 7.84. The van der Waals surface area contributed by atoms with Crippen molar-refractivity contribution in [3.8, 4) is 0 Å². The molecule has 3 heterocycles. The van der Waals surface area contributed by atoms with Gasteiger partial charge in [-0.15, -0.1) is 0 Å². The molecule has 2 aromatic rings. The summed E-state index contributed by atoms with van der Waals surface area (Å²) in [5.41, 5.74) is 2.63. The number of allylic oxidation sites excluding steroid dienone is 1. The topological polar surface area (TPSA) is 34.9 Å². The van der Waals surface area contributed by atoms with Gasteiger partial charge in [-0.3, -0.25) is 9.78 Å². The molecular weight excluding hydrogens is 200 g/mol. The molecule has 0 unspecified atom stereocenters. The number of ketones is 1. The molecule has 0 atom stereocenters. The first-order valence-corrected chi connectivity index (χ1v) is 5.15. The van der Waals surface area contributed by atoms with Crippen LogP contribution < -0.4 is 0 Å². The van der Waals surface area contributed by atoms with Gasteiger partial charge < -0.3 is 4.57 Å². The summed E-state index contributed by atoms with van der Waals surface area (Å²) in [6.07, 6.45) is 7.32. The number of rotatable bonds is 1. The first kappa shape index (κ1) is 9.09. The number of nitrogens with zero attached hydrogens (tertiary/aromatic N) is 2. The molecule has 0 amide bonds. The average molecular weight is 210 g/mol. The largest absolute Gasteiger partial charge is 0.340 e. The van der Waals surface area contributed by atoms with E-state index < -0.39 is 0 Å². The number of hydrogen-bond donors (Lipinski definition) is 0. The van der Waals surface area contributed by atoms with Crippen molar-refractivity contribution in [1.82, 2.24) is 9.55 Å². The summed E-state index contributed by atoms with van der Waals surface area (Å²) in [6.45, 7) is 0.670. The first-order valence-electron chi connectivity index (χ1n) is 5.15. The molecule has 1 aliphatic rings. The van der Waals surface area contributed by atoms with Crippen LogP contribution >= 0.6 is 0 Å². The van der Waals surface area contributed by atoms with Gasteiger partial charge in [-0.1, -0.05) is 0 Å². The number of pyridine rings is 1. The Hall–Kier alpha value is -2.16. The monoisotopic (exact) mass is 210 g/mol. The number of aromatic nitrogens is 2. The van der Waals surface area contributed by atoms with Crippen LogP contribution in [0.5, 0.6) is 0 Å². The summed E-state index contributed by atoms with van der Waals surface area (Å²) in [5, 5.41) is 0. The minimum Gasteiger partial charge on any atom is -0.340 e. The van der Waals surface area contributed by atoms with Crippen molar-refractivity contribution in [2.24, 2.45) is 0 Å². The van der Waals surface area contributed by atoms with Crippen LogP contribution in [-0.4, -0.2) is 15.3 Å². The van der Waals surface area contributed by atoms with Crippen LogP contribution in [0.15, 0.2) is 48.4 Å². The minimum absolute atomic E-state index is 0.127. The van der Waals surface area contributed by atoms with Crippen molar-refractivity contribution in [2.45, 2.75) is 6.54 Å². The molecule has 0 fully saturated rings. The molecule has 3 nitrogen and oxygen atoms in total. The van der Waals surface area contributed by atoms with E-state index in [1.54, 1.807) is 12.4 Å². The van der Waals surface area contributed by atoms with Gasteiger partial charge in [0.25, 0.3) is 0 Å². The zero-order valence-corrected chi connectivity index (χ0v) is 8.63. The van der Waals surface area contributed by atoms with Crippen molar-refractivity contribution in [3.05, 3.63) is 59.7 Å². The van der Waals surface area contributed by atoms with Crippen molar-refractivity contribution >= 4 is 11.9 Å². The summed E-state index contributed by atoms with van der Waals surface area (Å²) in [4.78, 5) is 15.9. The Balaban J connectivity index is 1.98. The predicted octanol–water partition coefficient (Wildman–Crippen LogP) is 2.16. The van der Waals surface area contributed by atoms with Crippen molar-refractivity contribution in [3.63, 3.8) is 0 Å². The quantitative estimate of drug-likeness (QED) is 0.676. The van der Waals surface area contributed by atoms with Gasteiger partial charge in [0.1, 0.15) is 0 Å². The number of fused-ring (bicyclic) bond motifs is 1. The van der Waals surface area contributed by atoms with E-state index in [1.165, 1.54) is 0 Å². The molecule has 1 aliphatic heterocycles. The van der Waals surface area contributed by atoms with Gasteiger partial charge in [0.2, 0.25) is 5.78 Å². The number of carbonyl (C=O) groups excluding carboxylic acids is 1. The maximum Gasteiger partial charge on any atom is 0.207 e. The predicted molar refractivity (Wildman–Crippen MR) is 61.0 cm³/mol. The highest BCUT2D eigenvalue weighted by molar-refractivity contribution is 6.12. The zero-order chi connectivity index (χ0) is 11.0. The van der Waals surface area contributed by atoms with Crippen molar-refractivity contribution in [1.29, 1.82) is 0 Å². The lowest BCUT2D eigenvalue weighted by atomic mass is 10.1. The van der Waals surface area contributed by atoms with E-state index in [-0.39, 0.29) is 5.78 Å². The third-order valence-electron chi connectivity index (χ3n) is 2.74.